The molecule has 0 saturated carbocycles. The van der Waals surface area contributed by atoms with Crippen LogP contribution in [0, 0.1) is 0 Å². The number of carbonyl (C=O) groups excluding carboxylic acids is 1. The number of halogens is 1. The molecule has 0 aliphatic rings. The first-order chi connectivity index (χ1) is 13.6. The number of hydrogen-bond donors (Lipinski definition) is 1. The summed E-state index contributed by atoms with van der Waals surface area (Å²) in [5, 5.41) is 3.44. The van der Waals surface area contributed by atoms with Gasteiger partial charge in [0.25, 0.3) is 5.91 Å². The number of benzene rings is 3. The Hall–Kier alpha value is -3.31. The van der Waals surface area contributed by atoms with Gasteiger partial charge >= 0.3 is 0 Å². The summed E-state index contributed by atoms with van der Waals surface area (Å²) >= 11 is 5.86. The molecule has 0 aromatic heterocycles. The lowest BCUT2D eigenvalue weighted by Crippen LogP contribution is -2.20. The van der Waals surface area contributed by atoms with Gasteiger partial charge in [-0.3, -0.25) is 9.79 Å². The Labute approximate surface area is 168 Å². The number of amides is 1. The maximum Gasteiger partial charge on any atom is 0.262 e. The largest absolute Gasteiger partial charge is 0.495 e. The third kappa shape index (κ3) is 5.59. The molecule has 3 aromatic rings. The van der Waals surface area contributed by atoms with Crippen molar-refractivity contribution in [3.63, 3.8) is 0 Å². The molecule has 142 valence electrons. The number of para-hydroxylation sites is 2. The SMILES string of the molecule is COc1ccccc1NC(=O)COc1ccc(C=Nc2ccc(Cl)cc2)cc1. The number of nitrogens with zero attached hydrogens (tertiary/aromatic N) is 1. The van der Waals surface area contributed by atoms with Crippen molar-refractivity contribution in [2.45, 2.75) is 0 Å². The average molecular weight is 395 g/mol. The fourth-order valence-corrected chi connectivity index (χ4v) is 2.54. The van der Waals surface area contributed by atoms with Crippen molar-refractivity contribution in [2.24, 2.45) is 4.99 Å². The summed E-state index contributed by atoms with van der Waals surface area (Å²) in [6, 6.07) is 21.8. The van der Waals surface area contributed by atoms with Crippen LogP contribution < -0.4 is 14.8 Å². The second-order valence-electron chi connectivity index (χ2n) is 5.84. The van der Waals surface area contributed by atoms with E-state index in [4.69, 9.17) is 21.1 Å². The van der Waals surface area contributed by atoms with Crippen molar-refractivity contribution in [3.05, 3.63) is 83.4 Å². The maximum atomic E-state index is 12.1. The third-order valence-electron chi connectivity index (χ3n) is 3.82. The van der Waals surface area contributed by atoms with E-state index in [2.05, 4.69) is 10.3 Å². The molecule has 3 rings (SSSR count). The molecule has 0 aliphatic carbocycles. The van der Waals surface area contributed by atoms with Crippen molar-refractivity contribution in [3.8, 4) is 11.5 Å². The van der Waals surface area contributed by atoms with E-state index in [1.54, 1.807) is 49.7 Å². The van der Waals surface area contributed by atoms with Gasteiger partial charge in [-0.1, -0.05) is 23.7 Å². The second kappa shape index (κ2) is 9.58. The van der Waals surface area contributed by atoms with E-state index in [0.717, 1.165) is 11.3 Å². The van der Waals surface area contributed by atoms with Crippen LogP contribution in [0.25, 0.3) is 0 Å². The molecule has 0 spiro atoms. The maximum absolute atomic E-state index is 12.1. The van der Waals surface area contributed by atoms with Crippen molar-refractivity contribution in [1.29, 1.82) is 0 Å². The van der Waals surface area contributed by atoms with Gasteiger partial charge in [-0.25, -0.2) is 0 Å². The van der Waals surface area contributed by atoms with Gasteiger partial charge < -0.3 is 14.8 Å². The number of hydrogen-bond acceptors (Lipinski definition) is 4. The molecule has 28 heavy (non-hydrogen) atoms. The number of aliphatic imine (C=N–C) groups is 1. The summed E-state index contributed by atoms with van der Waals surface area (Å²) in [6.07, 6.45) is 1.75. The van der Waals surface area contributed by atoms with Crippen LogP contribution in [-0.4, -0.2) is 25.8 Å². The summed E-state index contributed by atoms with van der Waals surface area (Å²) in [5.74, 6) is 0.928. The highest BCUT2D eigenvalue weighted by atomic mass is 35.5. The molecule has 0 radical (unpaired) electrons. The normalized spacial score (nSPS) is 10.6. The molecule has 1 amide bonds. The summed E-state index contributed by atoms with van der Waals surface area (Å²) in [4.78, 5) is 16.5. The molecule has 6 heteroatoms. The quantitative estimate of drug-likeness (QED) is 0.566. The number of anilines is 1. The van der Waals surface area contributed by atoms with E-state index in [-0.39, 0.29) is 12.5 Å². The van der Waals surface area contributed by atoms with Crippen LogP contribution in [0.2, 0.25) is 5.02 Å². The van der Waals surface area contributed by atoms with Crippen LogP contribution in [0.3, 0.4) is 0 Å². The molecular formula is C22H19ClN2O3. The van der Waals surface area contributed by atoms with Gasteiger partial charge in [0.15, 0.2) is 6.61 Å². The lowest BCUT2D eigenvalue weighted by Gasteiger charge is -2.10. The Morgan fingerprint density at radius 2 is 1.75 bits per heavy atom. The molecule has 3 aromatic carbocycles. The van der Waals surface area contributed by atoms with Gasteiger partial charge in [0, 0.05) is 11.2 Å². The minimum atomic E-state index is -0.266. The predicted octanol–water partition coefficient (Wildman–Crippen LogP) is 5.12. The van der Waals surface area contributed by atoms with E-state index >= 15 is 0 Å². The van der Waals surface area contributed by atoms with E-state index in [1.165, 1.54) is 0 Å². The predicted molar refractivity (Wildman–Crippen MR) is 112 cm³/mol. The summed E-state index contributed by atoms with van der Waals surface area (Å²) in [5.41, 5.74) is 2.34. The highest BCUT2D eigenvalue weighted by molar-refractivity contribution is 6.30. The summed E-state index contributed by atoms with van der Waals surface area (Å²) in [7, 11) is 1.55. The zero-order valence-corrected chi connectivity index (χ0v) is 16.0. The Balaban J connectivity index is 1.52. The van der Waals surface area contributed by atoms with Crippen LogP contribution in [0.5, 0.6) is 11.5 Å². The first kappa shape index (κ1) is 19.5. The minimum absolute atomic E-state index is 0.101. The van der Waals surface area contributed by atoms with Gasteiger partial charge in [0.1, 0.15) is 11.5 Å². The van der Waals surface area contributed by atoms with Crippen LogP contribution in [0.1, 0.15) is 5.56 Å². The Bertz CT molecular complexity index is 954. The van der Waals surface area contributed by atoms with Crippen LogP contribution in [0.4, 0.5) is 11.4 Å². The number of ether oxygens (including phenoxy) is 2. The number of methoxy groups -OCH3 is 1. The molecule has 0 heterocycles. The molecular weight excluding hydrogens is 376 g/mol. The van der Waals surface area contributed by atoms with Gasteiger partial charge in [0.2, 0.25) is 0 Å². The molecule has 5 nitrogen and oxygen atoms in total. The average Bonchev–Trinajstić information content (AvgIpc) is 2.73. The van der Waals surface area contributed by atoms with E-state index < -0.39 is 0 Å². The van der Waals surface area contributed by atoms with Crippen molar-refractivity contribution in [1.82, 2.24) is 0 Å². The number of nitrogens with one attached hydrogen (secondary N) is 1. The fourth-order valence-electron chi connectivity index (χ4n) is 2.41. The number of rotatable bonds is 7. The number of carbonyl (C=O) groups is 1. The Kier molecular flexibility index (Phi) is 6.65. The van der Waals surface area contributed by atoms with E-state index in [9.17, 15) is 4.79 Å². The molecule has 0 saturated heterocycles. The molecule has 0 fully saturated rings. The van der Waals surface area contributed by atoms with E-state index in [1.807, 2.05) is 36.4 Å². The monoisotopic (exact) mass is 394 g/mol. The fraction of sp³-hybridized carbons (Fsp3) is 0.0909. The highest BCUT2D eigenvalue weighted by Gasteiger charge is 2.07. The highest BCUT2D eigenvalue weighted by Crippen LogP contribution is 2.23. The third-order valence-corrected chi connectivity index (χ3v) is 4.07. The molecule has 0 unspecified atom stereocenters. The van der Waals surface area contributed by atoms with Crippen LogP contribution >= 0.6 is 11.6 Å². The molecule has 0 atom stereocenters. The van der Waals surface area contributed by atoms with Gasteiger partial charge in [-0.15, -0.1) is 0 Å². The van der Waals surface area contributed by atoms with Crippen molar-refractivity contribution >= 4 is 35.1 Å². The zero-order valence-electron chi connectivity index (χ0n) is 15.3. The molecule has 0 aliphatic heterocycles. The van der Waals surface area contributed by atoms with Crippen LogP contribution in [0.15, 0.2) is 77.8 Å². The van der Waals surface area contributed by atoms with Gasteiger partial charge in [-0.05, 0) is 66.2 Å². The second-order valence-corrected chi connectivity index (χ2v) is 6.28. The summed E-state index contributed by atoms with van der Waals surface area (Å²) < 4.78 is 10.7. The Morgan fingerprint density at radius 1 is 1.04 bits per heavy atom. The first-order valence-electron chi connectivity index (χ1n) is 8.59. The van der Waals surface area contributed by atoms with Crippen molar-refractivity contribution < 1.29 is 14.3 Å². The Morgan fingerprint density at radius 3 is 2.46 bits per heavy atom. The molecule has 0 bridgehead atoms. The standard InChI is InChI=1S/C22H19ClN2O3/c1-27-21-5-3-2-4-20(21)25-22(26)15-28-19-12-6-16(7-13-19)14-24-18-10-8-17(23)9-11-18/h2-14H,15H2,1H3,(H,25,26). The lowest BCUT2D eigenvalue weighted by molar-refractivity contribution is -0.118. The molecule has 1 N–H and O–H groups in total. The van der Waals surface area contributed by atoms with Crippen LogP contribution in [-0.2, 0) is 4.79 Å². The smallest absolute Gasteiger partial charge is 0.262 e. The first-order valence-corrected chi connectivity index (χ1v) is 8.97. The summed E-state index contributed by atoms with van der Waals surface area (Å²) in [6.45, 7) is -0.101. The minimum Gasteiger partial charge on any atom is -0.495 e. The topological polar surface area (TPSA) is 59.9 Å². The van der Waals surface area contributed by atoms with Gasteiger partial charge in [0.05, 0.1) is 18.5 Å². The van der Waals surface area contributed by atoms with E-state index in [0.29, 0.717) is 22.2 Å². The van der Waals surface area contributed by atoms with Gasteiger partial charge in [-0.2, -0.15) is 0 Å². The van der Waals surface area contributed by atoms with Crippen molar-refractivity contribution in [2.75, 3.05) is 19.0 Å². The zero-order chi connectivity index (χ0) is 19.8. The lowest BCUT2D eigenvalue weighted by atomic mass is 10.2.